The molecular formula is C32H35ClN4O. The molecule has 196 valence electrons. The summed E-state index contributed by atoms with van der Waals surface area (Å²) < 4.78 is 0. The summed E-state index contributed by atoms with van der Waals surface area (Å²) >= 11 is 6.65. The Bertz CT molecular complexity index is 1510. The van der Waals surface area contributed by atoms with E-state index < -0.39 is 5.60 Å². The number of pyridine rings is 1. The van der Waals surface area contributed by atoms with Crippen molar-refractivity contribution in [2.75, 3.05) is 6.54 Å². The molecule has 2 fully saturated rings. The molecule has 0 spiro atoms. The quantitative estimate of drug-likeness (QED) is 0.280. The van der Waals surface area contributed by atoms with Crippen molar-refractivity contribution in [1.29, 1.82) is 0 Å². The van der Waals surface area contributed by atoms with Gasteiger partial charge in [0.2, 0.25) is 0 Å². The highest BCUT2D eigenvalue weighted by Crippen LogP contribution is 2.45. The number of hydrogen-bond donors (Lipinski definition) is 2. The molecule has 1 aliphatic heterocycles. The Morgan fingerprint density at radius 2 is 1.76 bits per heavy atom. The Morgan fingerprint density at radius 3 is 2.50 bits per heavy atom. The number of aromatic nitrogens is 3. The zero-order valence-electron chi connectivity index (χ0n) is 22.0. The molecule has 0 radical (unpaired) electrons. The zero-order chi connectivity index (χ0) is 25.9. The van der Waals surface area contributed by atoms with Gasteiger partial charge in [-0.05, 0) is 100 Å². The summed E-state index contributed by atoms with van der Waals surface area (Å²) in [5, 5.41) is 20.0. The maximum Gasteiger partial charge on any atom is 0.181 e. The molecule has 7 rings (SSSR count). The van der Waals surface area contributed by atoms with Crippen molar-refractivity contribution in [1.82, 2.24) is 20.1 Å². The van der Waals surface area contributed by atoms with E-state index in [-0.39, 0.29) is 0 Å². The zero-order valence-corrected chi connectivity index (χ0v) is 22.8. The van der Waals surface area contributed by atoms with Gasteiger partial charge in [-0.25, -0.2) is 4.98 Å². The number of benzene rings is 2. The lowest BCUT2D eigenvalue weighted by Crippen LogP contribution is -2.37. The topological polar surface area (TPSA) is 65.0 Å². The van der Waals surface area contributed by atoms with Gasteiger partial charge in [0.05, 0.1) is 11.3 Å². The highest BCUT2D eigenvalue weighted by Gasteiger charge is 2.38. The van der Waals surface area contributed by atoms with Crippen LogP contribution < -0.4 is 0 Å². The van der Waals surface area contributed by atoms with Gasteiger partial charge >= 0.3 is 0 Å². The molecule has 1 unspecified atom stereocenters. The number of nitrogens with zero attached hydrogens (tertiary/aromatic N) is 3. The van der Waals surface area contributed by atoms with E-state index in [4.69, 9.17) is 11.6 Å². The van der Waals surface area contributed by atoms with Crippen LogP contribution >= 0.6 is 11.6 Å². The molecule has 0 bridgehead atoms. The minimum Gasteiger partial charge on any atom is -0.385 e. The van der Waals surface area contributed by atoms with Gasteiger partial charge in [0.25, 0.3) is 0 Å². The number of aromatic amines is 1. The fraction of sp³-hybridized carbons (Fsp3) is 0.438. The number of H-pyrrole nitrogens is 1. The molecule has 2 N–H and O–H groups in total. The number of fused-ring (bicyclic) bond motifs is 2. The van der Waals surface area contributed by atoms with Gasteiger partial charge in [-0.2, -0.15) is 5.10 Å². The van der Waals surface area contributed by atoms with Crippen LogP contribution in [0, 0.1) is 0 Å². The smallest absolute Gasteiger partial charge is 0.181 e. The van der Waals surface area contributed by atoms with E-state index in [9.17, 15) is 5.11 Å². The second-order valence-corrected chi connectivity index (χ2v) is 12.1. The van der Waals surface area contributed by atoms with Gasteiger partial charge in [-0.1, -0.05) is 41.9 Å². The van der Waals surface area contributed by atoms with Crippen LogP contribution in [0.5, 0.6) is 0 Å². The minimum atomic E-state index is -0.779. The van der Waals surface area contributed by atoms with Crippen molar-refractivity contribution in [3.8, 4) is 22.4 Å². The molecule has 3 heterocycles. The van der Waals surface area contributed by atoms with Gasteiger partial charge < -0.3 is 5.11 Å². The van der Waals surface area contributed by atoms with E-state index in [0.717, 1.165) is 59.5 Å². The molecule has 3 aliphatic rings. The summed E-state index contributed by atoms with van der Waals surface area (Å²) in [5.74, 6) is 0. The molecule has 2 aromatic carbocycles. The lowest BCUT2D eigenvalue weighted by Gasteiger charge is -2.37. The van der Waals surface area contributed by atoms with Gasteiger partial charge in [0, 0.05) is 45.4 Å². The monoisotopic (exact) mass is 526 g/mol. The molecule has 6 heteroatoms. The summed E-state index contributed by atoms with van der Waals surface area (Å²) in [5.41, 5.74) is 7.89. The standard InChI is InChI=1S/C32H35ClN4O/c1-20-4-2-15-37(20)26-10-7-21-5-6-23(16-22(21)8-11-26)25-17-27-30(35-36-31(27)34-19-25)24-9-12-28(29(33)18-24)32(38)13-3-14-32/h5-6,9,12,16-20,26,38H,2-4,7-8,10-11,13-15H2,1H3,(H,34,35,36)/t20-,26?/m1/s1. The van der Waals surface area contributed by atoms with Crippen molar-refractivity contribution >= 4 is 22.6 Å². The van der Waals surface area contributed by atoms with E-state index >= 15 is 0 Å². The second-order valence-electron chi connectivity index (χ2n) is 11.7. The number of aliphatic hydroxyl groups is 1. The predicted octanol–water partition coefficient (Wildman–Crippen LogP) is 7.05. The second kappa shape index (κ2) is 9.48. The predicted molar refractivity (Wildman–Crippen MR) is 153 cm³/mol. The van der Waals surface area contributed by atoms with Crippen LogP contribution in [0.15, 0.2) is 48.7 Å². The van der Waals surface area contributed by atoms with Gasteiger partial charge in [0.1, 0.15) is 0 Å². The minimum absolute atomic E-state index is 0.601. The van der Waals surface area contributed by atoms with Crippen LogP contribution in [0.1, 0.15) is 68.6 Å². The van der Waals surface area contributed by atoms with Crippen molar-refractivity contribution < 1.29 is 5.11 Å². The maximum absolute atomic E-state index is 10.8. The fourth-order valence-electron chi connectivity index (χ4n) is 7.01. The van der Waals surface area contributed by atoms with E-state index in [1.54, 1.807) is 0 Å². The highest BCUT2D eigenvalue weighted by molar-refractivity contribution is 6.31. The van der Waals surface area contributed by atoms with Crippen LogP contribution in [0.3, 0.4) is 0 Å². The maximum atomic E-state index is 10.8. The van der Waals surface area contributed by atoms with Crippen LogP contribution in [0.25, 0.3) is 33.4 Å². The first-order chi connectivity index (χ1) is 18.5. The first-order valence-corrected chi connectivity index (χ1v) is 14.6. The van der Waals surface area contributed by atoms with Gasteiger partial charge in [0.15, 0.2) is 5.65 Å². The number of nitrogens with one attached hydrogen (secondary N) is 1. The molecule has 1 saturated heterocycles. The molecular weight excluding hydrogens is 492 g/mol. The number of rotatable bonds is 4. The highest BCUT2D eigenvalue weighted by atomic mass is 35.5. The molecule has 2 aromatic heterocycles. The van der Waals surface area contributed by atoms with Gasteiger partial charge in [-0.3, -0.25) is 10.00 Å². The molecule has 5 nitrogen and oxygen atoms in total. The van der Waals surface area contributed by atoms with Crippen LogP contribution in [-0.2, 0) is 18.4 Å². The summed E-state index contributed by atoms with van der Waals surface area (Å²) in [7, 11) is 0. The third-order valence-electron chi connectivity index (χ3n) is 9.46. The van der Waals surface area contributed by atoms with E-state index in [1.807, 2.05) is 24.4 Å². The Balaban J connectivity index is 1.18. The normalized spacial score (nSPS) is 23.2. The molecule has 2 atom stereocenters. The summed E-state index contributed by atoms with van der Waals surface area (Å²) in [4.78, 5) is 7.45. The third kappa shape index (κ3) is 4.16. The largest absolute Gasteiger partial charge is 0.385 e. The summed E-state index contributed by atoms with van der Waals surface area (Å²) in [6.45, 7) is 3.66. The lowest BCUT2D eigenvalue weighted by molar-refractivity contribution is -0.0386. The average Bonchev–Trinajstić information content (AvgIpc) is 3.47. The average molecular weight is 527 g/mol. The van der Waals surface area contributed by atoms with E-state index in [1.165, 1.54) is 55.3 Å². The van der Waals surface area contributed by atoms with E-state index in [0.29, 0.717) is 16.7 Å². The summed E-state index contributed by atoms with van der Waals surface area (Å²) in [6, 6.07) is 16.5. The Hall–Kier alpha value is -2.73. The van der Waals surface area contributed by atoms with Crippen molar-refractivity contribution in [2.45, 2.75) is 82.4 Å². The molecule has 0 amide bonds. The summed E-state index contributed by atoms with van der Waals surface area (Å²) in [6.07, 6.45) is 12.0. The van der Waals surface area contributed by atoms with Crippen molar-refractivity contribution in [2.24, 2.45) is 0 Å². The fourth-order valence-corrected chi connectivity index (χ4v) is 7.36. The van der Waals surface area contributed by atoms with E-state index in [2.05, 4.69) is 51.3 Å². The van der Waals surface area contributed by atoms with Crippen LogP contribution in [0.2, 0.25) is 5.02 Å². The number of hydrogen-bond acceptors (Lipinski definition) is 4. The number of halogens is 1. The Morgan fingerprint density at radius 1 is 0.947 bits per heavy atom. The number of aryl methyl sites for hydroxylation is 2. The Kier molecular flexibility index (Phi) is 6.06. The van der Waals surface area contributed by atoms with Crippen LogP contribution in [0.4, 0.5) is 0 Å². The molecule has 1 saturated carbocycles. The Labute approximate surface area is 229 Å². The van der Waals surface area contributed by atoms with Crippen molar-refractivity contribution in [3.63, 3.8) is 0 Å². The molecule has 38 heavy (non-hydrogen) atoms. The van der Waals surface area contributed by atoms with Crippen molar-refractivity contribution in [3.05, 3.63) is 70.4 Å². The van der Waals surface area contributed by atoms with Crippen LogP contribution in [-0.4, -0.2) is 43.8 Å². The molecule has 4 aromatic rings. The SMILES string of the molecule is C[C@@H]1CCCN1C1CCc2ccc(-c3cnc4n[nH]c(-c5ccc(C6(O)CCC6)c(Cl)c5)c4c3)cc2CC1. The molecule has 2 aliphatic carbocycles. The van der Waals surface area contributed by atoms with Gasteiger partial charge in [-0.15, -0.1) is 0 Å². The number of likely N-dealkylation sites (tertiary alicyclic amines) is 1. The first kappa shape index (κ1) is 24.3. The third-order valence-corrected chi connectivity index (χ3v) is 9.77. The lowest BCUT2D eigenvalue weighted by atomic mass is 9.75. The first-order valence-electron chi connectivity index (χ1n) is 14.2.